The number of aliphatic hydroxyl groups excluding tert-OH is 1. The number of carboxylic acids is 1. The van der Waals surface area contributed by atoms with Gasteiger partial charge in [0.1, 0.15) is 0 Å². The molecular formula is C21H27NO5. The van der Waals surface area contributed by atoms with Crippen molar-refractivity contribution in [2.24, 2.45) is 28.6 Å². The van der Waals surface area contributed by atoms with Gasteiger partial charge in [0.05, 0.1) is 12.3 Å². The Kier molecular flexibility index (Phi) is 3.38. The van der Waals surface area contributed by atoms with Gasteiger partial charge in [-0.05, 0) is 67.8 Å². The zero-order chi connectivity index (χ0) is 19.2. The minimum atomic E-state index is -1.74. The van der Waals surface area contributed by atoms with E-state index in [4.69, 9.17) is 4.52 Å². The van der Waals surface area contributed by atoms with E-state index in [1.807, 2.05) is 6.92 Å². The summed E-state index contributed by atoms with van der Waals surface area (Å²) in [7, 11) is 0. The Labute approximate surface area is 158 Å². The van der Waals surface area contributed by atoms with Crippen molar-refractivity contribution in [3.63, 3.8) is 0 Å². The molecule has 6 heteroatoms. The van der Waals surface area contributed by atoms with Crippen LogP contribution < -0.4 is 0 Å². The van der Waals surface area contributed by atoms with Gasteiger partial charge in [0, 0.05) is 11.0 Å². The van der Waals surface area contributed by atoms with Crippen molar-refractivity contribution in [1.29, 1.82) is 0 Å². The first-order valence-electron chi connectivity index (χ1n) is 9.99. The van der Waals surface area contributed by atoms with Crippen LogP contribution in [-0.2, 0) is 11.2 Å². The van der Waals surface area contributed by atoms with Crippen molar-refractivity contribution in [3.05, 3.63) is 23.1 Å². The molecule has 1 aromatic heterocycles. The molecular weight excluding hydrogens is 346 g/mol. The van der Waals surface area contributed by atoms with Crippen molar-refractivity contribution in [3.8, 4) is 0 Å². The molecule has 4 aliphatic rings. The highest BCUT2D eigenvalue weighted by atomic mass is 16.5. The van der Waals surface area contributed by atoms with E-state index in [0.29, 0.717) is 12.8 Å². The third kappa shape index (κ3) is 1.98. The molecule has 3 unspecified atom stereocenters. The summed E-state index contributed by atoms with van der Waals surface area (Å²) in [5, 5.41) is 35.9. The first-order chi connectivity index (χ1) is 12.7. The lowest BCUT2D eigenvalue weighted by molar-refractivity contribution is -0.193. The number of fused-ring (bicyclic) bond motifs is 6. The number of aromatic nitrogens is 1. The smallest absolute Gasteiger partial charge is 0.336 e. The van der Waals surface area contributed by atoms with Gasteiger partial charge < -0.3 is 19.8 Å². The van der Waals surface area contributed by atoms with Gasteiger partial charge in [-0.2, -0.15) is 0 Å². The molecule has 0 saturated heterocycles. The summed E-state index contributed by atoms with van der Waals surface area (Å²) in [6, 6.07) is 0. The zero-order valence-electron chi connectivity index (χ0n) is 15.8. The van der Waals surface area contributed by atoms with Gasteiger partial charge in [0.25, 0.3) is 0 Å². The highest BCUT2D eigenvalue weighted by Crippen LogP contribution is 2.67. The van der Waals surface area contributed by atoms with Gasteiger partial charge in [-0.25, -0.2) is 4.79 Å². The quantitative estimate of drug-likeness (QED) is 0.699. The molecule has 4 aliphatic carbocycles. The second-order valence-corrected chi connectivity index (χ2v) is 9.71. The van der Waals surface area contributed by atoms with Crippen molar-refractivity contribution in [2.75, 3.05) is 0 Å². The molecule has 0 bridgehead atoms. The molecule has 0 aliphatic heterocycles. The van der Waals surface area contributed by atoms with Gasteiger partial charge in [0.2, 0.25) is 0 Å². The minimum Gasteiger partial charge on any atom is -0.479 e. The molecule has 0 spiro atoms. The van der Waals surface area contributed by atoms with Crippen LogP contribution in [0.2, 0.25) is 0 Å². The number of carbonyl (C=O) groups is 1. The van der Waals surface area contributed by atoms with Crippen molar-refractivity contribution >= 4 is 12.0 Å². The van der Waals surface area contributed by atoms with Gasteiger partial charge in [-0.15, -0.1) is 0 Å². The van der Waals surface area contributed by atoms with Gasteiger partial charge >= 0.3 is 5.97 Å². The third-order valence-electron chi connectivity index (χ3n) is 8.72. The predicted octanol–water partition coefficient (Wildman–Crippen LogP) is 2.64. The summed E-state index contributed by atoms with van der Waals surface area (Å²) in [6.45, 7) is 4.11. The summed E-state index contributed by atoms with van der Waals surface area (Å²) >= 11 is 0. The molecule has 3 fully saturated rings. The molecule has 1 heterocycles. The third-order valence-corrected chi connectivity index (χ3v) is 8.72. The molecule has 7 atom stereocenters. The molecule has 0 amide bonds. The summed E-state index contributed by atoms with van der Waals surface area (Å²) in [6.07, 6.45) is 7.19. The molecule has 6 nitrogen and oxygen atoms in total. The fourth-order valence-corrected chi connectivity index (χ4v) is 7.37. The highest BCUT2D eigenvalue weighted by molar-refractivity contribution is 5.79. The van der Waals surface area contributed by atoms with Crippen LogP contribution in [-0.4, -0.2) is 38.2 Å². The normalized spacial score (nSPS) is 48.1. The largest absolute Gasteiger partial charge is 0.479 e. The summed E-state index contributed by atoms with van der Waals surface area (Å²) in [5.41, 5.74) is -0.312. The van der Waals surface area contributed by atoms with Crippen LogP contribution in [0, 0.1) is 28.6 Å². The van der Waals surface area contributed by atoms with E-state index < -0.39 is 23.1 Å². The SMILES string of the molecule is C[C@]12Cc3cnoc3C=C1CCC1C2[C@@H](O)C[C@@]2(C)C1CC[C@]2(O)C(=O)O. The Hall–Kier alpha value is -1.66. The highest BCUT2D eigenvalue weighted by Gasteiger charge is 2.68. The lowest BCUT2D eigenvalue weighted by Gasteiger charge is -2.60. The zero-order valence-corrected chi connectivity index (χ0v) is 15.8. The molecule has 5 rings (SSSR count). The number of nitrogens with zero attached hydrogens (tertiary/aromatic N) is 1. The molecule has 3 saturated carbocycles. The van der Waals surface area contributed by atoms with Gasteiger partial charge in [-0.3, -0.25) is 0 Å². The number of aliphatic carboxylic acids is 1. The Balaban J connectivity index is 1.57. The Bertz CT molecular complexity index is 845. The van der Waals surface area contributed by atoms with E-state index in [-0.39, 0.29) is 29.6 Å². The van der Waals surface area contributed by atoms with Crippen LogP contribution >= 0.6 is 0 Å². The van der Waals surface area contributed by atoms with Crippen LogP contribution in [0.4, 0.5) is 0 Å². The van der Waals surface area contributed by atoms with Crippen molar-refractivity contribution < 1.29 is 24.6 Å². The average molecular weight is 373 g/mol. The maximum absolute atomic E-state index is 11.9. The van der Waals surface area contributed by atoms with Crippen molar-refractivity contribution in [1.82, 2.24) is 5.16 Å². The summed E-state index contributed by atoms with van der Waals surface area (Å²) in [4.78, 5) is 11.9. The predicted molar refractivity (Wildman–Crippen MR) is 96.5 cm³/mol. The number of hydrogen-bond acceptors (Lipinski definition) is 5. The lowest BCUT2D eigenvalue weighted by atomic mass is 9.45. The van der Waals surface area contributed by atoms with E-state index >= 15 is 0 Å². The van der Waals surface area contributed by atoms with E-state index in [2.05, 4.69) is 18.2 Å². The topological polar surface area (TPSA) is 104 Å². The van der Waals surface area contributed by atoms with E-state index in [9.17, 15) is 20.1 Å². The first-order valence-corrected chi connectivity index (χ1v) is 9.99. The molecule has 3 N–H and O–H groups in total. The Morgan fingerprint density at radius 1 is 1.33 bits per heavy atom. The molecule has 0 aromatic carbocycles. The molecule has 0 radical (unpaired) electrons. The lowest BCUT2D eigenvalue weighted by Crippen LogP contribution is -2.61. The van der Waals surface area contributed by atoms with Gasteiger partial charge in [0.15, 0.2) is 11.4 Å². The fourth-order valence-electron chi connectivity index (χ4n) is 7.37. The fraction of sp³-hybridized carbons (Fsp3) is 0.714. The minimum absolute atomic E-state index is 0.0646. The van der Waals surface area contributed by atoms with E-state index in [0.717, 1.165) is 30.6 Å². The number of carboxylic acid groups (broad SMARTS) is 1. The number of aliphatic hydroxyl groups is 2. The maximum atomic E-state index is 11.9. The second-order valence-electron chi connectivity index (χ2n) is 9.71. The van der Waals surface area contributed by atoms with E-state index in [1.165, 1.54) is 5.57 Å². The van der Waals surface area contributed by atoms with Gasteiger partial charge in [-0.1, -0.05) is 24.6 Å². The molecule has 146 valence electrons. The van der Waals surface area contributed by atoms with Crippen molar-refractivity contribution in [2.45, 2.75) is 64.1 Å². The molecule has 27 heavy (non-hydrogen) atoms. The van der Waals surface area contributed by atoms with Crippen LogP contribution in [0.5, 0.6) is 0 Å². The van der Waals surface area contributed by atoms with Crippen LogP contribution in [0.25, 0.3) is 6.08 Å². The Morgan fingerprint density at radius 3 is 2.85 bits per heavy atom. The average Bonchev–Trinajstić information content (AvgIpc) is 3.14. The maximum Gasteiger partial charge on any atom is 0.336 e. The van der Waals surface area contributed by atoms with E-state index in [1.54, 1.807) is 6.20 Å². The summed E-state index contributed by atoms with van der Waals surface area (Å²) < 4.78 is 5.36. The van der Waals surface area contributed by atoms with Crippen LogP contribution in [0.1, 0.15) is 57.3 Å². The Morgan fingerprint density at radius 2 is 2.11 bits per heavy atom. The standard InChI is InChI=1S/C21H27NO5/c1-19-8-11-10-22-27-16(11)7-12(19)3-4-13-14-5-6-21(26,18(24)25)20(14,2)9-15(23)17(13)19/h7,10,13-15,17,23,26H,3-6,8-9H2,1-2H3,(H,24,25)/t13?,14?,15-,17?,19-,20-,21-/m0/s1. The number of hydrogen-bond donors (Lipinski definition) is 3. The van der Waals surface area contributed by atoms with Crippen LogP contribution in [0.3, 0.4) is 0 Å². The van der Waals surface area contributed by atoms with Crippen LogP contribution in [0.15, 0.2) is 16.3 Å². The number of allylic oxidation sites excluding steroid dienone is 1. The second kappa shape index (κ2) is 5.23. The summed E-state index contributed by atoms with van der Waals surface area (Å²) in [5.74, 6) is 0.0874. The first kappa shape index (κ1) is 17.4. The monoisotopic (exact) mass is 373 g/mol. The number of rotatable bonds is 1. The molecule has 1 aromatic rings.